The van der Waals surface area contributed by atoms with Gasteiger partial charge in [0.2, 0.25) is 0 Å². The number of carbonyl (C=O) groups is 1. The van der Waals surface area contributed by atoms with Gasteiger partial charge in [0.05, 0.1) is 25.6 Å². The van der Waals surface area contributed by atoms with Crippen LogP contribution in [-0.2, 0) is 4.74 Å². The van der Waals surface area contributed by atoms with Crippen LogP contribution in [0.3, 0.4) is 0 Å². The van der Waals surface area contributed by atoms with E-state index >= 15 is 0 Å². The number of rotatable bonds is 4. The van der Waals surface area contributed by atoms with Gasteiger partial charge < -0.3 is 14.8 Å². The molecule has 2 aromatic rings. The Morgan fingerprint density at radius 1 is 1.40 bits per heavy atom. The van der Waals surface area contributed by atoms with E-state index in [4.69, 9.17) is 9.47 Å². The number of nitrogens with zero attached hydrogens (tertiary/aromatic N) is 1. The molecule has 0 aliphatic heterocycles. The van der Waals surface area contributed by atoms with Crippen LogP contribution in [0.2, 0.25) is 0 Å². The maximum Gasteiger partial charge on any atom is 0.350 e. The number of thiazole rings is 1. The Bertz CT molecular complexity index is 643. The van der Waals surface area contributed by atoms with Gasteiger partial charge in [0.1, 0.15) is 10.6 Å². The number of hydrogen-bond acceptors (Lipinski definition) is 6. The van der Waals surface area contributed by atoms with Gasteiger partial charge in [-0.1, -0.05) is 27.3 Å². The van der Waals surface area contributed by atoms with Gasteiger partial charge >= 0.3 is 5.97 Å². The van der Waals surface area contributed by atoms with Crippen molar-refractivity contribution in [1.82, 2.24) is 4.98 Å². The fraction of sp³-hybridized carbons (Fsp3) is 0.231. The number of nitrogens with one attached hydrogen (secondary N) is 1. The van der Waals surface area contributed by atoms with Gasteiger partial charge in [-0.3, -0.25) is 0 Å². The maximum atomic E-state index is 11.6. The van der Waals surface area contributed by atoms with Crippen LogP contribution < -0.4 is 10.1 Å². The number of halogens is 1. The molecule has 1 N–H and O–H groups in total. The second-order valence-electron chi connectivity index (χ2n) is 3.89. The largest absolute Gasteiger partial charge is 0.495 e. The van der Waals surface area contributed by atoms with Gasteiger partial charge in [0, 0.05) is 4.47 Å². The smallest absolute Gasteiger partial charge is 0.350 e. The number of carbonyl (C=O) groups excluding carboxylic acids is 1. The van der Waals surface area contributed by atoms with E-state index in [2.05, 4.69) is 26.2 Å². The van der Waals surface area contributed by atoms with E-state index in [1.54, 1.807) is 14.0 Å². The molecule has 0 amide bonds. The Labute approximate surface area is 129 Å². The van der Waals surface area contributed by atoms with Crippen molar-refractivity contribution in [3.63, 3.8) is 0 Å². The Balaban J connectivity index is 2.31. The van der Waals surface area contributed by atoms with E-state index in [0.29, 0.717) is 21.5 Å². The predicted molar refractivity (Wildman–Crippen MR) is 82.2 cm³/mol. The van der Waals surface area contributed by atoms with Crippen LogP contribution in [0.15, 0.2) is 22.7 Å². The fourth-order valence-corrected chi connectivity index (χ4v) is 2.88. The first-order valence-electron chi connectivity index (χ1n) is 5.71. The lowest BCUT2D eigenvalue weighted by Gasteiger charge is -2.09. The van der Waals surface area contributed by atoms with Crippen molar-refractivity contribution in [2.75, 3.05) is 19.5 Å². The standard InChI is InChI=1S/C13H13BrN2O3S/c1-7-11(12(17)19-3)20-13(15-7)16-9-6-8(14)4-5-10(9)18-2/h4-6H,1-3H3,(H,15,16). The molecule has 106 valence electrons. The molecule has 0 atom stereocenters. The van der Waals surface area contributed by atoms with Gasteiger partial charge in [-0.25, -0.2) is 9.78 Å². The highest BCUT2D eigenvalue weighted by Gasteiger charge is 2.16. The summed E-state index contributed by atoms with van der Waals surface area (Å²) >= 11 is 4.65. The molecule has 0 saturated carbocycles. The lowest BCUT2D eigenvalue weighted by atomic mass is 10.3. The van der Waals surface area contributed by atoms with Gasteiger partial charge in [-0.15, -0.1) is 0 Å². The normalized spacial score (nSPS) is 10.2. The Morgan fingerprint density at radius 2 is 2.15 bits per heavy atom. The molecule has 0 unspecified atom stereocenters. The second-order valence-corrected chi connectivity index (χ2v) is 5.81. The molecule has 0 aliphatic rings. The lowest BCUT2D eigenvalue weighted by Crippen LogP contribution is -1.99. The van der Waals surface area contributed by atoms with Crippen LogP contribution in [0.4, 0.5) is 10.8 Å². The summed E-state index contributed by atoms with van der Waals surface area (Å²) in [5.41, 5.74) is 1.41. The number of esters is 1. The third-order valence-corrected chi connectivity index (χ3v) is 4.12. The first-order chi connectivity index (χ1) is 9.55. The van der Waals surface area contributed by atoms with Crippen LogP contribution in [-0.4, -0.2) is 25.2 Å². The molecular weight excluding hydrogens is 344 g/mol. The number of aryl methyl sites for hydroxylation is 1. The van der Waals surface area contributed by atoms with E-state index in [-0.39, 0.29) is 5.97 Å². The van der Waals surface area contributed by atoms with Gasteiger partial charge in [-0.2, -0.15) is 0 Å². The summed E-state index contributed by atoms with van der Waals surface area (Å²) < 4.78 is 10.9. The number of hydrogen-bond donors (Lipinski definition) is 1. The zero-order valence-electron chi connectivity index (χ0n) is 11.2. The van der Waals surface area contributed by atoms with Crippen LogP contribution in [0.1, 0.15) is 15.4 Å². The molecule has 1 aromatic heterocycles. The Kier molecular flexibility index (Phi) is 4.61. The van der Waals surface area contributed by atoms with E-state index in [9.17, 15) is 4.79 Å². The summed E-state index contributed by atoms with van der Waals surface area (Å²) in [6.45, 7) is 1.77. The van der Waals surface area contributed by atoms with Crippen LogP contribution in [0, 0.1) is 6.92 Å². The van der Waals surface area contributed by atoms with Crippen molar-refractivity contribution >= 4 is 44.1 Å². The molecule has 0 spiro atoms. The second kappa shape index (κ2) is 6.23. The van der Waals surface area contributed by atoms with Gasteiger partial charge in [0.25, 0.3) is 0 Å². The zero-order chi connectivity index (χ0) is 14.7. The molecular formula is C13H13BrN2O3S. The number of aromatic nitrogens is 1. The molecule has 20 heavy (non-hydrogen) atoms. The molecule has 0 saturated heterocycles. The minimum absolute atomic E-state index is 0.380. The molecule has 0 aliphatic carbocycles. The Morgan fingerprint density at radius 3 is 2.80 bits per heavy atom. The summed E-state index contributed by atoms with van der Waals surface area (Å²) in [5.74, 6) is 0.315. The summed E-state index contributed by atoms with van der Waals surface area (Å²) in [4.78, 5) is 16.4. The minimum Gasteiger partial charge on any atom is -0.495 e. The molecule has 0 radical (unpaired) electrons. The van der Waals surface area contributed by atoms with E-state index in [0.717, 1.165) is 10.2 Å². The number of methoxy groups -OCH3 is 2. The number of benzene rings is 1. The summed E-state index contributed by atoms with van der Waals surface area (Å²) in [7, 11) is 2.95. The zero-order valence-corrected chi connectivity index (χ0v) is 13.6. The Hall–Kier alpha value is -1.60. The van der Waals surface area contributed by atoms with Crippen molar-refractivity contribution in [3.05, 3.63) is 33.2 Å². The van der Waals surface area contributed by atoms with Crippen molar-refractivity contribution in [2.45, 2.75) is 6.92 Å². The monoisotopic (exact) mass is 356 g/mol. The highest BCUT2D eigenvalue weighted by Crippen LogP contribution is 2.33. The molecule has 7 heteroatoms. The van der Waals surface area contributed by atoms with Crippen molar-refractivity contribution in [1.29, 1.82) is 0 Å². The summed E-state index contributed by atoms with van der Waals surface area (Å²) in [6.07, 6.45) is 0. The minimum atomic E-state index is -0.380. The quantitative estimate of drug-likeness (QED) is 0.845. The van der Waals surface area contributed by atoms with Gasteiger partial charge in [0.15, 0.2) is 5.13 Å². The van der Waals surface area contributed by atoms with Crippen molar-refractivity contribution in [2.24, 2.45) is 0 Å². The van der Waals surface area contributed by atoms with Crippen LogP contribution >= 0.6 is 27.3 Å². The summed E-state index contributed by atoms with van der Waals surface area (Å²) in [6, 6.07) is 5.61. The fourth-order valence-electron chi connectivity index (χ4n) is 1.63. The number of anilines is 2. The van der Waals surface area contributed by atoms with Crippen LogP contribution in [0.25, 0.3) is 0 Å². The van der Waals surface area contributed by atoms with Crippen molar-refractivity contribution in [3.8, 4) is 5.75 Å². The number of ether oxygens (including phenoxy) is 2. The van der Waals surface area contributed by atoms with Crippen LogP contribution in [0.5, 0.6) is 5.75 Å². The lowest BCUT2D eigenvalue weighted by molar-refractivity contribution is 0.0605. The first-order valence-corrected chi connectivity index (χ1v) is 7.32. The van der Waals surface area contributed by atoms with E-state index < -0.39 is 0 Å². The predicted octanol–water partition coefficient (Wildman–Crippen LogP) is 3.75. The highest BCUT2D eigenvalue weighted by atomic mass is 79.9. The molecule has 1 heterocycles. The van der Waals surface area contributed by atoms with E-state index in [1.165, 1.54) is 18.4 Å². The molecule has 0 bridgehead atoms. The SMILES string of the molecule is COC(=O)c1sc(Nc2cc(Br)ccc2OC)nc1C. The van der Waals surface area contributed by atoms with E-state index in [1.807, 2.05) is 18.2 Å². The molecule has 5 nitrogen and oxygen atoms in total. The third kappa shape index (κ3) is 3.10. The topological polar surface area (TPSA) is 60.5 Å². The third-order valence-electron chi connectivity index (χ3n) is 2.57. The summed E-state index contributed by atoms with van der Waals surface area (Å²) in [5, 5.41) is 3.76. The van der Waals surface area contributed by atoms with Crippen molar-refractivity contribution < 1.29 is 14.3 Å². The average molecular weight is 357 g/mol. The maximum absolute atomic E-state index is 11.6. The highest BCUT2D eigenvalue weighted by molar-refractivity contribution is 9.10. The average Bonchev–Trinajstić information content (AvgIpc) is 2.79. The molecule has 2 rings (SSSR count). The molecule has 0 fully saturated rings. The first kappa shape index (κ1) is 14.8. The van der Waals surface area contributed by atoms with Gasteiger partial charge in [-0.05, 0) is 25.1 Å². The molecule has 1 aromatic carbocycles.